The summed E-state index contributed by atoms with van der Waals surface area (Å²) in [6.07, 6.45) is 2.74. The molecule has 1 aromatic carbocycles. The van der Waals surface area contributed by atoms with Gasteiger partial charge in [0.2, 0.25) is 15.9 Å². The lowest BCUT2D eigenvalue weighted by Crippen LogP contribution is -2.44. The zero-order chi connectivity index (χ0) is 18.4. The predicted molar refractivity (Wildman–Crippen MR) is 94.7 cm³/mol. The van der Waals surface area contributed by atoms with Gasteiger partial charge in [0.15, 0.2) is 0 Å². The van der Waals surface area contributed by atoms with Gasteiger partial charge in [-0.05, 0) is 44.9 Å². The molecule has 1 aromatic rings. The van der Waals surface area contributed by atoms with E-state index in [9.17, 15) is 18.0 Å². The van der Waals surface area contributed by atoms with E-state index < -0.39 is 22.0 Å². The molecule has 0 aliphatic carbocycles. The van der Waals surface area contributed by atoms with Crippen molar-refractivity contribution in [3.63, 3.8) is 0 Å². The molecule has 1 heterocycles. The largest absolute Gasteiger partial charge is 0.355 e. The first-order valence-corrected chi connectivity index (χ1v) is 9.99. The number of piperidine rings is 1. The van der Waals surface area contributed by atoms with Gasteiger partial charge in [-0.15, -0.1) is 0 Å². The lowest BCUT2D eigenvalue weighted by molar-refractivity contribution is -0.122. The third-order valence-electron chi connectivity index (χ3n) is 4.14. The molecular weight excluding hydrogens is 342 g/mol. The Morgan fingerprint density at radius 2 is 1.88 bits per heavy atom. The summed E-state index contributed by atoms with van der Waals surface area (Å²) in [5.41, 5.74) is 0.217. The number of carbonyl (C=O) groups is 2. The van der Waals surface area contributed by atoms with Crippen molar-refractivity contribution in [1.82, 2.24) is 14.9 Å². The van der Waals surface area contributed by atoms with Crippen molar-refractivity contribution in [2.24, 2.45) is 0 Å². The number of nitrogens with one attached hydrogen (secondary N) is 2. The molecule has 0 bridgehead atoms. The van der Waals surface area contributed by atoms with Crippen LogP contribution in [0.15, 0.2) is 29.2 Å². The fourth-order valence-electron chi connectivity index (χ4n) is 2.72. The lowest BCUT2D eigenvalue weighted by Gasteiger charge is -2.26. The summed E-state index contributed by atoms with van der Waals surface area (Å²) in [5, 5.41) is 5.20. The highest BCUT2D eigenvalue weighted by Crippen LogP contribution is 2.21. The third kappa shape index (κ3) is 4.79. The van der Waals surface area contributed by atoms with Crippen molar-refractivity contribution in [2.45, 2.75) is 44.0 Å². The first kappa shape index (κ1) is 19.4. The van der Waals surface area contributed by atoms with E-state index in [1.807, 2.05) is 0 Å². The van der Waals surface area contributed by atoms with Gasteiger partial charge in [0.1, 0.15) is 6.04 Å². The number of carbonyl (C=O) groups excluding carboxylic acids is 2. The summed E-state index contributed by atoms with van der Waals surface area (Å²) in [5.74, 6) is -0.762. The van der Waals surface area contributed by atoms with Crippen molar-refractivity contribution in [3.05, 3.63) is 29.8 Å². The molecule has 8 heteroatoms. The molecule has 0 spiro atoms. The van der Waals surface area contributed by atoms with Crippen LogP contribution in [0.25, 0.3) is 0 Å². The second-order valence-corrected chi connectivity index (χ2v) is 8.02. The molecule has 2 amide bonds. The van der Waals surface area contributed by atoms with Crippen LogP contribution in [0, 0.1) is 0 Å². The average Bonchev–Trinajstić information content (AvgIpc) is 2.62. The number of nitrogens with zero attached hydrogens (tertiary/aromatic N) is 1. The summed E-state index contributed by atoms with van der Waals surface area (Å²) in [6.45, 7) is 4.86. The molecule has 138 valence electrons. The Morgan fingerprint density at radius 1 is 1.20 bits per heavy atom. The van der Waals surface area contributed by atoms with Gasteiger partial charge in [-0.3, -0.25) is 9.59 Å². The van der Waals surface area contributed by atoms with Gasteiger partial charge < -0.3 is 10.6 Å². The van der Waals surface area contributed by atoms with Gasteiger partial charge in [0.25, 0.3) is 5.91 Å². The molecule has 0 unspecified atom stereocenters. The molecule has 2 N–H and O–H groups in total. The fourth-order valence-corrected chi connectivity index (χ4v) is 4.29. The number of likely N-dealkylation sites (N-methyl/N-ethyl adjacent to an activating group) is 1. The Balaban J connectivity index is 2.15. The van der Waals surface area contributed by atoms with Crippen LogP contribution in [0.4, 0.5) is 0 Å². The maximum absolute atomic E-state index is 12.7. The van der Waals surface area contributed by atoms with E-state index >= 15 is 0 Å². The smallest absolute Gasteiger partial charge is 0.251 e. The minimum absolute atomic E-state index is 0.104. The van der Waals surface area contributed by atoms with Crippen LogP contribution >= 0.6 is 0 Å². The summed E-state index contributed by atoms with van der Waals surface area (Å²) < 4.78 is 26.9. The van der Waals surface area contributed by atoms with E-state index in [0.717, 1.165) is 19.3 Å². The first-order chi connectivity index (χ1) is 11.9. The van der Waals surface area contributed by atoms with Crippen LogP contribution in [-0.4, -0.2) is 50.2 Å². The molecule has 0 saturated carbocycles. The van der Waals surface area contributed by atoms with Gasteiger partial charge in [0.05, 0.1) is 4.90 Å². The summed E-state index contributed by atoms with van der Waals surface area (Å²) in [4.78, 5) is 24.1. The lowest BCUT2D eigenvalue weighted by atomic mass is 10.2. The molecular formula is C17H25N3O4S. The molecule has 1 aliphatic rings. The zero-order valence-corrected chi connectivity index (χ0v) is 15.4. The topological polar surface area (TPSA) is 95.6 Å². The highest BCUT2D eigenvalue weighted by molar-refractivity contribution is 7.89. The molecule has 25 heavy (non-hydrogen) atoms. The standard InChI is InChI=1S/C17H25N3O4S/c1-3-18-16(21)13(2)19-17(22)14-8-7-9-15(12-14)25(23,24)20-10-5-4-6-11-20/h7-9,12-13H,3-6,10-11H2,1-2H3,(H,18,21)(H,19,22)/t13-/m0/s1. The van der Waals surface area contributed by atoms with E-state index in [2.05, 4.69) is 10.6 Å². The molecule has 2 rings (SSSR count). The van der Waals surface area contributed by atoms with Crippen LogP contribution in [0.2, 0.25) is 0 Å². The van der Waals surface area contributed by atoms with E-state index in [4.69, 9.17) is 0 Å². The first-order valence-electron chi connectivity index (χ1n) is 8.55. The van der Waals surface area contributed by atoms with E-state index in [1.165, 1.54) is 22.5 Å². The van der Waals surface area contributed by atoms with E-state index in [1.54, 1.807) is 19.9 Å². The highest BCUT2D eigenvalue weighted by Gasteiger charge is 2.26. The van der Waals surface area contributed by atoms with Crippen molar-refractivity contribution >= 4 is 21.8 Å². The second-order valence-electron chi connectivity index (χ2n) is 6.08. The highest BCUT2D eigenvalue weighted by atomic mass is 32.2. The molecule has 1 aliphatic heterocycles. The SMILES string of the molecule is CCNC(=O)[C@H](C)NC(=O)c1cccc(S(=O)(=O)N2CCCCC2)c1. The second kappa shape index (κ2) is 8.44. The minimum atomic E-state index is -3.60. The monoisotopic (exact) mass is 367 g/mol. The van der Waals surface area contributed by atoms with Crippen LogP contribution in [0.1, 0.15) is 43.5 Å². The normalized spacial score (nSPS) is 16.9. The zero-order valence-electron chi connectivity index (χ0n) is 14.6. The molecule has 7 nitrogen and oxygen atoms in total. The third-order valence-corrected chi connectivity index (χ3v) is 6.04. The van der Waals surface area contributed by atoms with Crippen molar-refractivity contribution in [1.29, 1.82) is 0 Å². The van der Waals surface area contributed by atoms with Gasteiger partial charge in [0, 0.05) is 25.2 Å². The number of hydrogen-bond acceptors (Lipinski definition) is 4. The van der Waals surface area contributed by atoms with Gasteiger partial charge in [-0.2, -0.15) is 4.31 Å². The number of hydrogen-bond donors (Lipinski definition) is 2. The van der Waals surface area contributed by atoms with Crippen LogP contribution in [0.5, 0.6) is 0 Å². The van der Waals surface area contributed by atoms with Gasteiger partial charge >= 0.3 is 0 Å². The van der Waals surface area contributed by atoms with Crippen molar-refractivity contribution < 1.29 is 18.0 Å². The molecule has 1 saturated heterocycles. The van der Waals surface area contributed by atoms with Gasteiger partial charge in [-0.1, -0.05) is 12.5 Å². The quantitative estimate of drug-likeness (QED) is 0.787. The van der Waals surface area contributed by atoms with Crippen molar-refractivity contribution in [2.75, 3.05) is 19.6 Å². The average molecular weight is 367 g/mol. The molecule has 1 atom stereocenters. The fraction of sp³-hybridized carbons (Fsp3) is 0.529. The van der Waals surface area contributed by atoms with Crippen LogP contribution < -0.4 is 10.6 Å². The maximum atomic E-state index is 12.7. The Hall–Kier alpha value is -1.93. The van der Waals surface area contributed by atoms with E-state index in [0.29, 0.717) is 19.6 Å². The summed E-state index contributed by atoms with van der Waals surface area (Å²) >= 11 is 0. The maximum Gasteiger partial charge on any atom is 0.251 e. The molecule has 0 radical (unpaired) electrons. The van der Waals surface area contributed by atoms with Gasteiger partial charge in [-0.25, -0.2) is 8.42 Å². The summed E-state index contributed by atoms with van der Waals surface area (Å²) in [7, 11) is -3.60. The minimum Gasteiger partial charge on any atom is -0.355 e. The Bertz CT molecular complexity index is 727. The Kier molecular flexibility index (Phi) is 6.55. The Morgan fingerprint density at radius 3 is 2.52 bits per heavy atom. The van der Waals surface area contributed by atoms with Crippen LogP contribution in [0.3, 0.4) is 0 Å². The number of rotatable bonds is 6. The van der Waals surface area contributed by atoms with E-state index in [-0.39, 0.29) is 16.4 Å². The van der Waals surface area contributed by atoms with Crippen molar-refractivity contribution in [3.8, 4) is 0 Å². The Labute approximate surface area is 148 Å². The molecule has 1 fully saturated rings. The molecule has 0 aromatic heterocycles. The number of benzene rings is 1. The predicted octanol–water partition coefficient (Wildman–Crippen LogP) is 1.12. The number of sulfonamides is 1. The summed E-state index contributed by atoms with van der Waals surface area (Å²) in [6, 6.07) is 5.24. The number of amides is 2. The van der Waals surface area contributed by atoms with Crippen LogP contribution in [-0.2, 0) is 14.8 Å².